The van der Waals surface area contributed by atoms with Crippen LogP contribution in [0, 0.1) is 0 Å². The molecule has 0 aliphatic carbocycles. The minimum Gasteiger partial charge on any atom is -0.485 e. The van der Waals surface area contributed by atoms with Gasteiger partial charge in [0.25, 0.3) is 5.88 Å². The molecule has 1 aromatic carbocycles. The van der Waals surface area contributed by atoms with Gasteiger partial charge in [-0.1, -0.05) is 12.1 Å². The number of hydrogen-bond acceptors (Lipinski definition) is 4. The normalized spacial score (nSPS) is 10.5. The maximum Gasteiger partial charge on any atom is 0.262 e. The summed E-state index contributed by atoms with van der Waals surface area (Å²) in [6, 6.07) is 10.9. The Morgan fingerprint density at radius 3 is 2.79 bits per heavy atom. The van der Waals surface area contributed by atoms with Crippen LogP contribution in [-0.2, 0) is 6.61 Å². The van der Waals surface area contributed by atoms with Gasteiger partial charge in [0.05, 0.1) is 12.7 Å². The first kappa shape index (κ1) is 13.4. The monoisotopic (exact) mass is 259 g/mol. The van der Waals surface area contributed by atoms with Gasteiger partial charge in [-0.05, 0) is 43.7 Å². The van der Waals surface area contributed by atoms with Crippen molar-refractivity contribution >= 4 is 0 Å². The SMILES string of the molecule is CC(C)Oc1cccnc1Oc1cccc(CO)c1. The first-order valence-corrected chi connectivity index (χ1v) is 6.18. The van der Waals surface area contributed by atoms with E-state index >= 15 is 0 Å². The number of aliphatic hydroxyl groups excluding tert-OH is 1. The second kappa shape index (κ2) is 6.20. The van der Waals surface area contributed by atoms with E-state index in [4.69, 9.17) is 14.6 Å². The summed E-state index contributed by atoms with van der Waals surface area (Å²) >= 11 is 0. The number of pyridine rings is 1. The van der Waals surface area contributed by atoms with Crippen LogP contribution in [-0.4, -0.2) is 16.2 Å². The molecule has 4 heteroatoms. The van der Waals surface area contributed by atoms with Crippen LogP contribution in [0.25, 0.3) is 0 Å². The zero-order chi connectivity index (χ0) is 13.7. The van der Waals surface area contributed by atoms with Crippen LogP contribution in [0.3, 0.4) is 0 Å². The summed E-state index contributed by atoms with van der Waals surface area (Å²) in [6.45, 7) is 3.88. The van der Waals surface area contributed by atoms with Crippen molar-refractivity contribution in [2.75, 3.05) is 0 Å². The Kier molecular flexibility index (Phi) is 4.36. The first-order valence-electron chi connectivity index (χ1n) is 6.18. The zero-order valence-corrected chi connectivity index (χ0v) is 11.0. The second-order valence-corrected chi connectivity index (χ2v) is 4.38. The largest absolute Gasteiger partial charge is 0.485 e. The summed E-state index contributed by atoms with van der Waals surface area (Å²) in [5.41, 5.74) is 0.791. The molecule has 2 aromatic rings. The van der Waals surface area contributed by atoms with Gasteiger partial charge in [-0.15, -0.1) is 0 Å². The van der Waals surface area contributed by atoms with Crippen LogP contribution in [0.1, 0.15) is 19.4 Å². The van der Waals surface area contributed by atoms with Gasteiger partial charge in [-0.3, -0.25) is 0 Å². The van der Waals surface area contributed by atoms with Gasteiger partial charge in [0, 0.05) is 6.20 Å². The highest BCUT2D eigenvalue weighted by Gasteiger charge is 2.09. The third-order valence-electron chi connectivity index (χ3n) is 2.39. The van der Waals surface area contributed by atoms with Gasteiger partial charge in [0.15, 0.2) is 5.75 Å². The van der Waals surface area contributed by atoms with E-state index in [1.54, 1.807) is 18.3 Å². The maximum atomic E-state index is 9.11. The molecule has 0 atom stereocenters. The molecule has 0 amide bonds. The van der Waals surface area contributed by atoms with Crippen molar-refractivity contribution in [2.45, 2.75) is 26.6 Å². The fourth-order valence-electron chi connectivity index (χ4n) is 1.62. The molecule has 0 saturated carbocycles. The average Bonchev–Trinajstić information content (AvgIpc) is 2.41. The lowest BCUT2D eigenvalue weighted by Crippen LogP contribution is -2.07. The molecular formula is C15H17NO3. The summed E-state index contributed by atoms with van der Waals surface area (Å²) in [5.74, 6) is 1.65. The fourth-order valence-corrected chi connectivity index (χ4v) is 1.62. The lowest BCUT2D eigenvalue weighted by molar-refractivity contribution is 0.231. The quantitative estimate of drug-likeness (QED) is 0.896. The van der Waals surface area contributed by atoms with Crippen molar-refractivity contribution in [1.29, 1.82) is 0 Å². The molecule has 0 aliphatic rings. The molecule has 100 valence electrons. The average molecular weight is 259 g/mol. The maximum absolute atomic E-state index is 9.11. The fraction of sp³-hybridized carbons (Fsp3) is 0.267. The van der Waals surface area contributed by atoms with Gasteiger partial charge in [-0.2, -0.15) is 0 Å². The minimum absolute atomic E-state index is 0.0191. The third kappa shape index (κ3) is 3.69. The molecule has 19 heavy (non-hydrogen) atoms. The molecule has 1 aromatic heterocycles. The molecular weight excluding hydrogens is 242 g/mol. The highest BCUT2D eigenvalue weighted by molar-refractivity contribution is 5.38. The summed E-state index contributed by atoms with van der Waals surface area (Å²) in [4.78, 5) is 4.17. The molecule has 4 nitrogen and oxygen atoms in total. The number of benzene rings is 1. The Balaban J connectivity index is 2.22. The second-order valence-electron chi connectivity index (χ2n) is 4.38. The number of rotatable bonds is 5. The minimum atomic E-state index is -0.0191. The molecule has 1 heterocycles. The summed E-state index contributed by atoms with van der Waals surface area (Å²) in [7, 11) is 0. The lowest BCUT2D eigenvalue weighted by Gasteiger charge is -2.13. The smallest absolute Gasteiger partial charge is 0.262 e. The molecule has 0 saturated heterocycles. The van der Waals surface area contributed by atoms with Gasteiger partial charge < -0.3 is 14.6 Å². The lowest BCUT2D eigenvalue weighted by atomic mass is 10.2. The van der Waals surface area contributed by atoms with E-state index in [1.807, 2.05) is 38.1 Å². The zero-order valence-electron chi connectivity index (χ0n) is 11.0. The van der Waals surface area contributed by atoms with Crippen molar-refractivity contribution in [2.24, 2.45) is 0 Å². The third-order valence-corrected chi connectivity index (χ3v) is 2.39. The molecule has 0 aliphatic heterocycles. The summed E-state index contributed by atoms with van der Waals surface area (Å²) < 4.78 is 11.3. The standard InChI is InChI=1S/C15H17NO3/c1-11(2)18-14-7-4-8-16-15(14)19-13-6-3-5-12(9-13)10-17/h3-9,11,17H,10H2,1-2H3. The molecule has 0 fully saturated rings. The topological polar surface area (TPSA) is 51.6 Å². The van der Waals surface area contributed by atoms with Crippen LogP contribution in [0.4, 0.5) is 0 Å². The highest BCUT2D eigenvalue weighted by Crippen LogP contribution is 2.29. The number of hydrogen-bond donors (Lipinski definition) is 1. The molecule has 1 N–H and O–H groups in total. The van der Waals surface area contributed by atoms with E-state index < -0.39 is 0 Å². The molecule has 2 rings (SSSR count). The van der Waals surface area contributed by atoms with Crippen molar-refractivity contribution < 1.29 is 14.6 Å². The first-order chi connectivity index (χ1) is 9.19. The Morgan fingerprint density at radius 2 is 2.05 bits per heavy atom. The van der Waals surface area contributed by atoms with E-state index in [0.717, 1.165) is 5.56 Å². The Bertz CT molecular complexity index is 540. The number of ether oxygens (including phenoxy) is 2. The molecule has 0 radical (unpaired) electrons. The molecule has 0 unspecified atom stereocenters. The van der Waals surface area contributed by atoms with Crippen molar-refractivity contribution in [3.8, 4) is 17.4 Å². The van der Waals surface area contributed by atoms with Crippen LogP contribution >= 0.6 is 0 Å². The highest BCUT2D eigenvalue weighted by atomic mass is 16.5. The summed E-state index contributed by atoms with van der Waals surface area (Å²) in [6.07, 6.45) is 1.70. The van der Waals surface area contributed by atoms with E-state index in [2.05, 4.69) is 4.98 Å². The van der Waals surface area contributed by atoms with Crippen LogP contribution < -0.4 is 9.47 Å². The molecule has 0 bridgehead atoms. The van der Waals surface area contributed by atoms with Crippen molar-refractivity contribution in [3.63, 3.8) is 0 Å². The van der Waals surface area contributed by atoms with Crippen LogP contribution in [0.2, 0.25) is 0 Å². The van der Waals surface area contributed by atoms with Gasteiger partial charge in [0.2, 0.25) is 0 Å². The van der Waals surface area contributed by atoms with Gasteiger partial charge in [0.1, 0.15) is 5.75 Å². The predicted molar refractivity (Wildman–Crippen MR) is 72.4 cm³/mol. The number of aliphatic hydroxyl groups is 1. The van der Waals surface area contributed by atoms with Crippen molar-refractivity contribution in [1.82, 2.24) is 4.98 Å². The van der Waals surface area contributed by atoms with Crippen molar-refractivity contribution in [3.05, 3.63) is 48.2 Å². The van der Waals surface area contributed by atoms with E-state index in [1.165, 1.54) is 0 Å². The van der Waals surface area contributed by atoms with E-state index in [9.17, 15) is 0 Å². The van der Waals surface area contributed by atoms with E-state index in [-0.39, 0.29) is 12.7 Å². The summed E-state index contributed by atoms with van der Waals surface area (Å²) in [5, 5.41) is 9.11. The van der Waals surface area contributed by atoms with Gasteiger partial charge >= 0.3 is 0 Å². The Hall–Kier alpha value is -2.07. The van der Waals surface area contributed by atoms with Crippen LogP contribution in [0.15, 0.2) is 42.6 Å². The number of nitrogens with zero attached hydrogens (tertiary/aromatic N) is 1. The van der Waals surface area contributed by atoms with E-state index in [0.29, 0.717) is 17.4 Å². The Morgan fingerprint density at radius 1 is 1.21 bits per heavy atom. The van der Waals surface area contributed by atoms with Crippen LogP contribution in [0.5, 0.6) is 17.4 Å². The predicted octanol–water partition coefficient (Wildman–Crippen LogP) is 3.15. The molecule has 0 spiro atoms. The Labute approximate surface area is 112 Å². The van der Waals surface area contributed by atoms with Gasteiger partial charge in [-0.25, -0.2) is 4.98 Å². The number of aromatic nitrogens is 1.